The van der Waals surface area contributed by atoms with E-state index in [2.05, 4.69) is 57.2 Å². The van der Waals surface area contributed by atoms with Crippen molar-refractivity contribution in [2.45, 2.75) is 120 Å². The number of thioether (sulfide) groups is 2. The molecule has 0 saturated carbocycles. The second-order valence-electron chi connectivity index (χ2n) is 16.9. The average molecular weight is 905 g/mol. The van der Waals surface area contributed by atoms with Crippen LogP contribution in [0.4, 0.5) is 0 Å². The van der Waals surface area contributed by atoms with Crippen LogP contribution in [0, 0.1) is 11.8 Å². The molecule has 0 spiro atoms. The number of hydrogen-bond donors (Lipinski definition) is 1. The Morgan fingerprint density at radius 1 is 0.562 bits per heavy atom. The number of carbonyl (C=O) groups is 1. The maximum absolute atomic E-state index is 13.0. The molecule has 3 heterocycles. The largest absolute Gasteiger partial charge is 0.460 e. The summed E-state index contributed by atoms with van der Waals surface area (Å²) in [5.74, 6) is 0.0668. The van der Waals surface area contributed by atoms with E-state index in [4.69, 9.17) is 28.4 Å². The first-order valence-corrected chi connectivity index (χ1v) is 24.8. The fraction of sp³-hybridized carbons (Fsp3) is 0.426. The third-order valence-electron chi connectivity index (χ3n) is 12.5. The molecule has 0 unspecified atom stereocenters. The standard InChI is InChI=1S/C32H38O4S2.C22H26O4/c1-3-28-24(2)29(34-22-25-14-7-4-8-15-25)30(35-23-26-16-9-5-10-17-26)31(33,36-28)32(37-20-13-21-38-32)27-18-11-6-12-19-27;1-3-19-16(2)20(24-14-17-10-6-4-7-11-17)21(22(23)26-19)25-15-18-12-8-5-9-13-18/h4-12,14-19,24,28-30,33H,3,13,20-23H2,1-2H3;4-13,16,19-21H,3,14-15H2,1-2H3/t24-,28-,29+,30-,31-;16-,19-,20+,21-/m11/s1. The van der Waals surface area contributed by atoms with Crippen LogP contribution in [-0.2, 0) is 63.7 Å². The second-order valence-corrected chi connectivity index (χ2v) is 19.7. The predicted octanol–water partition coefficient (Wildman–Crippen LogP) is 11.1. The maximum Gasteiger partial charge on any atom is 0.338 e. The van der Waals surface area contributed by atoms with Gasteiger partial charge in [0, 0.05) is 11.8 Å². The molecule has 0 aromatic heterocycles. The molecule has 64 heavy (non-hydrogen) atoms. The number of carbonyl (C=O) groups excluding carboxylic acids is 1. The number of rotatable bonds is 16. The summed E-state index contributed by atoms with van der Waals surface area (Å²) in [6.07, 6.45) is 0.248. The first-order valence-electron chi connectivity index (χ1n) is 22.8. The second kappa shape index (κ2) is 23.5. The van der Waals surface area contributed by atoms with Gasteiger partial charge >= 0.3 is 5.97 Å². The Bertz CT molecular complexity index is 2110. The van der Waals surface area contributed by atoms with Gasteiger partial charge in [-0.15, -0.1) is 23.5 Å². The quantitative estimate of drug-likeness (QED) is 0.0965. The highest BCUT2D eigenvalue weighted by Gasteiger charge is 2.66. The molecule has 0 amide bonds. The lowest BCUT2D eigenvalue weighted by atomic mass is 9.82. The summed E-state index contributed by atoms with van der Waals surface area (Å²) in [6.45, 7) is 10.00. The highest BCUT2D eigenvalue weighted by atomic mass is 32.2. The fourth-order valence-corrected chi connectivity index (χ4v) is 12.4. The van der Waals surface area contributed by atoms with E-state index in [0.717, 1.165) is 58.6 Å². The van der Waals surface area contributed by atoms with Crippen LogP contribution in [0.25, 0.3) is 0 Å². The summed E-state index contributed by atoms with van der Waals surface area (Å²) in [7, 11) is 0. The minimum Gasteiger partial charge on any atom is -0.460 e. The van der Waals surface area contributed by atoms with E-state index in [0.29, 0.717) is 26.4 Å². The monoisotopic (exact) mass is 904 g/mol. The molecule has 10 heteroatoms. The molecule has 5 aromatic carbocycles. The number of ether oxygens (including phenoxy) is 6. The van der Waals surface area contributed by atoms with Crippen molar-refractivity contribution in [3.05, 3.63) is 179 Å². The third kappa shape index (κ3) is 11.5. The minimum atomic E-state index is -1.60. The summed E-state index contributed by atoms with van der Waals surface area (Å²) in [5.41, 5.74) is 5.31. The molecular weight excluding hydrogens is 841 g/mol. The van der Waals surface area contributed by atoms with E-state index < -0.39 is 22.1 Å². The summed E-state index contributed by atoms with van der Waals surface area (Å²) >= 11 is 3.55. The molecule has 8 nitrogen and oxygen atoms in total. The van der Waals surface area contributed by atoms with Gasteiger partial charge in [0.15, 0.2) is 6.10 Å². The predicted molar refractivity (Wildman–Crippen MR) is 256 cm³/mol. The molecule has 3 aliphatic heterocycles. The topological polar surface area (TPSA) is 92.7 Å². The molecule has 0 aliphatic carbocycles. The highest BCUT2D eigenvalue weighted by Crippen LogP contribution is 2.61. The molecule has 8 rings (SSSR count). The first-order chi connectivity index (χ1) is 31.3. The molecular formula is C54H64O8S2. The average Bonchev–Trinajstić information content (AvgIpc) is 3.35. The molecule has 3 fully saturated rings. The molecule has 9 atom stereocenters. The molecule has 0 radical (unpaired) electrons. The molecule has 3 aliphatic rings. The summed E-state index contributed by atoms with van der Waals surface area (Å²) in [4.78, 5) is 12.5. The zero-order valence-electron chi connectivity index (χ0n) is 37.5. The molecule has 3 saturated heterocycles. The van der Waals surface area contributed by atoms with Crippen molar-refractivity contribution in [3.8, 4) is 0 Å². The highest BCUT2D eigenvalue weighted by molar-refractivity contribution is 8.18. The smallest absolute Gasteiger partial charge is 0.338 e. The van der Waals surface area contributed by atoms with E-state index in [1.165, 1.54) is 0 Å². The zero-order valence-corrected chi connectivity index (χ0v) is 39.2. The van der Waals surface area contributed by atoms with Crippen molar-refractivity contribution in [3.63, 3.8) is 0 Å². The summed E-state index contributed by atoms with van der Waals surface area (Å²) in [5, 5.41) is 13.0. The molecule has 0 bridgehead atoms. The van der Waals surface area contributed by atoms with Gasteiger partial charge < -0.3 is 33.5 Å². The molecule has 340 valence electrons. The van der Waals surface area contributed by atoms with Gasteiger partial charge in [0.1, 0.15) is 22.4 Å². The van der Waals surface area contributed by atoms with Crippen LogP contribution in [0.15, 0.2) is 152 Å². The normalized spacial score (nSPS) is 27.7. The SMILES string of the molecule is CC[C@H]1OC(=O)[C@H](OCc2ccccc2)[C@@H](OCc2ccccc2)[C@@H]1C.CC[C@H]1O[C@@](O)(C2(c3ccccc3)SCCCS2)[C@H](OCc2ccccc2)[C@@H](OCc2ccccc2)[C@@H]1C. The summed E-state index contributed by atoms with van der Waals surface area (Å²) in [6, 6.07) is 50.5. The Morgan fingerprint density at radius 3 is 1.44 bits per heavy atom. The number of aliphatic hydroxyl groups is 1. The van der Waals surface area contributed by atoms with Crippen molar-refractivity contribution in [1.29, 1.82) is 0 Å². The summed E-state index contributed by atoms with van der Waals surface area (Å²) < 4.78 is 37.2. The Balaban J connectivity index is 0.000000206. The van der Waals surface area contributed by atoms with Crippen molar-refractivity contribution in [2.24, 2.45) is 11.8 Å². The van der Waals surface area contributed by atoms with E-state index in [1.807, 2.05) is 122 Å². The van der Waals surface area contributed by atoms with Gasteiger partial charge in [0.25, 0.3) is 0 Å². The van der Waals surface area contributed by atoms with Crippen molar-refractivity contribution in [1.82, 2.24) is 0 Å². The zero-order chi connectivity index (χ0) is 44.8. The van der Waals surface area contributed by atoms with Gasteiger partial charge in [0.05, 0.1) is 38.6 Å². The number of esters is 1. The molecule has 1 N–H and O–H groups in total. The van der Waals surface area contributed by atoms with Crippen LogP contribution in [0.1, 0.15) is 74.8 Å². The Labute approximate surface area is 388 Å². The Morgan fingerprint density at radius 2 is 0.969 bits per heavy atom. The lowest BCUT2D eigenvalue weighted by molar-refractivity contribution is -0.357. The Hall–Kier alpha value is -3.97. The number of benzene rings is 5. The lowest BCUT2D eigenvalue weighted by Gasteiger charge is -2.57. The van der Waals surface area contributed by atoms with Gasteiger partial charge in [-0.1, -0.05) is 179 Å². The number of hydrogen-bond acceptors (Lipinski definition) is 10. The lowest BCUT2D eigenvalue weighted by Crippen LogP contribution is -2.69. The van der Waals surface area contributed by atoms with Gasteiger partial charge in [-0.05, 0) is 58.6 Å². The van der Waals surface area contributed by atoms with E-state index in [-0.39, 0.29) is 42.2 Å². The van der Waals surface area contributed by atoms with Crippen molar-refractivity contribution < 1.29 is 38.3 Å². The van der Waals surface area contributed by atoms with Crippen LogP contribution in [-0.4, -0.2) is 65.0 Å². The van der Waals surface area contributed by atoms with Crippen LogP contribution in [0.5, 0.6) is 0 Å². The van der Waals surface area contributed by atoms with Gasteiger partial charge in [-0.25, -0.2) is 4.79 Å². The Kier molecular flexibility index (Phi) is 17.6. The van der Waals surface area contributed by atoms with Crippen molar-refractivity contribution >= 4 is 29.5 Å². The van der Waals surface area contributed by atoms with E-state index in [9.17, 15) is 9.90 Å². The first kappa shape index (κ1) is 48.0. The maximum atomic E-state index is 13.0. The molecule has 5 aromatic rings. The van der Waals surface area contributed by atoms with Crippen LogP contribution in [0.3, 0.4) is 0 Å². The van der Waals surface area contributed by atoms with E-state index in [1.54, 1.807) is 23.5 Å². The van der Waals surface area contributed by atoms with Crippen LogP contribution >= 0.6 is 23.5 Å². The third-order valence-corrected chi connectivity index (χ3v) is 16.0. The number of cyclic esters (lactones) is 1. The van der Waals surface area contributed by atoms with Gasteiger partial charge in [-0.3, -0.25) is 0 Å². The van der Waals surface area contributed by atoms with Crippen molar-refractivity contribution in [2.75, 3.05) is 11.5 Å². The van der Waals surface area contributed by atoms with Crippen LogP contribution < -0.4 is 0 Å². The van der Waals surface area contributed by atoms with E-state index >= 15 is 0 Å². The fourth-order valence-electron chi connectivity index (χ4n) is 8.91. The van der Waals surface area contributed by atoms with Crippen LogP contribution in [0.2, 0.25) is 0 Å². The van der Waals surface area contributed by atoms with Gasteiger partial charge in [0.2, 0.25) is 5.79 Å². The van der Waals surface area contributed by atoms with Gasteiger partial charge in [-0.2, -0.15) is 0 Å². The minimum absolute atomic E-state index is 0.0381.